The summed E-state index contributed by atoms with van der Waals surface area (Å²) < 4.78 is 4.74. The highest BCUT2D eigenvalue weighted by molar-refractivity contribution is 7.98. The number of hydrogen-bond donors (Lipinski definition) is 1. The van der Waals surface area contributed by atoms with Crippen LogP contribution >= 0.6 is 11.8 Å². The predicted octanol–water partition coefficient (Wildman–Crippen LogP) is 4.09. The van der Waals surface area contributed by atoms with Crippen molar-refractivity contribution in [1.29, 1.82) is 10.5 Å². The molecule has 3 aromatic rings. The number of thioether (sulfide) groups is 1. The lowest BCUT2D eigenvalue weighted by molar-refractivity contribution is -0.138. The Bertz CT molecular complexity index is 1310. The molecule has 0 saturated carbocycles. The first-order valence-electron chi connectivity index (χ1n) is 10.1. The summed E-state index contributed by atoms with van der Waals surface area (Å²) in [5.74, 6) is -0.937. The molecule has 0 amide bonds. The smallest absolute Gasteiger partial charge is 0.335 e. The molecule has 2 aromatic carbocycles. The van der Waals surface area contributed by atoms with E-state index in [2.05, 4.69) is 17.1 Å². The number of carbonyl (C=O) groups is 2. The van der Waals surface area contributed by atoms with E-state index in [1.165, 1.54) is 29.8 Å². The minimum absolute atomic E-state index is 0.136. The summed E-state index contributed by atoms with van der Waals surface area (Å²) >= 11 is 1.25. The number of nitriles is 2. The third kappa shape index (κ3) is 5.34. The van der Waals surface area contributed by atoms with Crippen LogP contribution < -0.4 is 4.90 Å². The van der Waals surface area contributed by atoms with Crippen molar-refractivity contribution in [2.45, 2.75) is 10.8 Å². The van der Waals surface area contributed by atoms with Gasteiger partial charge in [0.25, 0.3) is 0 Å². The number of rotatable bonds is 8. The van der Waals surface area contributed by atoms with E-state index in [-0.39, 0.29) is 29.1 Å². The normalized spacial score (nSPS) is 10.1. The Kier molecular flexibility index (Phi) is 7.86. The number of aromatic carboxylic acids is 1. The van der Waals surface area contributed by atoms with Gasteiger partial charge < -0.3 is 14.7 Å². The second-order valence-electron chi connectivity index (χ2n) is 7.18. The first kappa shape index (κ1) is 24.3. The topological polar surface area (TPSA) is 127 Å². The van der Waals surface area contributed by atoms with E-state index in [1.807, 2.05) is 6.07 Å². The van der Waals surface area contributed by atoms with Crippen molar-refractivity contribution < 1.29 is 19.4 Å². The second-order valence-corrected chi connectivity index (χ2v) is 8.15. The lowest BCUT2D eigenvalue weighted by atomic mass is 9.96. The Hall–Kier alpha value is -4.34. The zero-order valence-electron chi connectivity index (χ0n) is 18.5. The van der Waals surface area contributed by atoms with E-state index < -0.39 is 11.9 Å². The quantitative estimate of drug-likeness (QED) is 0.381. The van der Waals surface area contributed by atoms with E-state index in [4.69, 9.17) is 4.74 Å². The van der Waals surface area contributed by atoms with E-state index >= 15 is 0 Å². The molecule has 0 unspecified atom stereocenters. The molecule has 170 valence electrons. The molecule has 34 heavy (non-hydrogen) atoms. The van der Waals surface area contributed by atoms with E-state index in [1.54, 1.807) is 49.5 Å². The lowest BCUT2D eigenvalue weighted by Crippen LogP contribution is -2.28. The van der Waals surface area contributed by atoms with Gasteiger partial charge in [-0.3, -0.25) is 4.79 Å². The van der Waals surface area contributed by atoms with E-state index in [0.29, 0.717) is 21.9 Å². The molecule has 0 fully saturated rings. The molecule has 0 aliphatic carbocycles. The van der Waals surface area contributed by atoms with Crippen LogP contribution in [0.5, 0.6) is 0 Å². The Labute approximate surface area is 201 Å². The van der Waals surface area contributed by atoms with Crippen molar-refractivity contribution in [2.24, 2.45) is 0 Å². The highest BCUT2D eigenvalue weighted by Gasteiger charge is 2.24. The van der Waals surface area contributed by atoms with Gasteiger partial charge in [0.15, 0.2) is 0 Å². The zero-order valence-corrected chi connectivity index (χ0v) is 19.3. The Morgan fingerprint density at radius 3 is 2.41 bits per heavy atom. The number of ether oxygens (including phenoxy) is 1. The zero-order chi connectivity index (χ0) is 24.7. The molecule has 0 atom stereocenters. The fourth-order valence-electron chi connectivity index (χ4n) is 3.31. The molecule has 1 heterocycles. The van der Waals surface area contributed by atoms with Crippen molar-refractivity contribution in [2.75, 3.05) is 25.6 Å². The van der Waals surface area contributed by atoms with Crippen LogP contribution in [0.2, 0.25) is 0 Å². The van der Waals surface area contributed by atoms with Crippen molar-refractivity contribution in [3.63, 3.8) is 0 Å². The SMILES string of the molecule is COC(=O)CN(C)c1nc(SCc2cccc(C(=O)O)c2)c(C#N)c(-c2ccccc2)c1C#N. The number of anilines is 1. The number of pyridine rings is 1. The number of likely N-dealkylation sites (N-methyl/N-ethyl adjacent to an activating group) is 1. The summed E-state index contributed by atoms with van der Waals surface area (Å²) in [7, 11) is 2.89. The van der Waals surface area contributed by atoms with E-state index in [0.717, 1.165) is 5.56 Å². The highest BCUT2D eigenvalue weighted by atomic mass is 32.2. The van der Waals surface area contributed by atoms with Crippen LogP contribution in [-0.4, -0.2) is 42.7 Å². The van der Waals surface area contributed by atoms with Crippen LogP contribution in [0.25, 0.3) is 11.1 Å². The van der Waals surface area contributed by atoms with Crippen LogP contribution in [0.4, 0.5) is 5.82 Å². The maximum Gasteiger partial charge on any atom is 0.335 e. The van der Waals surface area contributed by atoms with Gasteiger partial charge in [-0.1, -0.05) is 42.5 Å². The van der Waals surface area contributed by atoms with Crippen molar-refractivity contribution >= 4 is 29.5 Å². The number of hydrogen-bond acceptors (Lipinski definition) is 8. The van der Waals surface area contributed by atoms with Crippen LogP contribution in [0.15, 0.2) is 59.6 Å². The monoisotopic (exact) mass is 472 g/mol. The molecular weight excluding hydrogens is 452 g/mol. The minimum Gasteiger partial charge on any atom is -0.478 e. The first-order chi connectivity index (χ1) is 16.4. The second kappa shape index (κ2) is 11.0. The fraction of sp³-hybridized carbons (Fsp3) is 0.160. The molecular formula is C25H20N4O4S. The van der Waals surface area contributed by atoms with Crippen molar-refractivity contribution in [1.82, 2.24) is 4.98 Å². The van der Waals surface area contributed by atoms with Gasteiger partial charge >= 0.3 is 11.9 Å². The third-order valence-corrected chi connectivity index (χ3v) is 5.98. The van der Waals surface area contributed by atoms with Gasteiger partial charge in [0, 0.05) is 18.4 Å². The Balaban J connectivity index is 2.15. The van der Waals surface area contributed by atoms with Crippen molar-refractivity contribution in [3.05, 3.63) is 76.9 Å². The summed E-state index contributed by atoms with van der Waals surface area (Å²) in [6.07, 6.45) is 0. The number of nitrogens with zero attached hydrogens (tertiary/aromatic N) is 4. The number of aromatic nitrogens is 1. The van der Waals surface area contributed by atoms with Gasteiger partial charge in [0.05, 0.1) is 18.2 Å². The number of methoxy groups -OCH3 is 1. The average Bonchev–Trinajstić information content (AvgIpc) is 2.86. The number of carbonyl (C=O) groups excluding carboxylic acids is 1. The molecule has 0 saturated heterocycles. The van der Waals surface area contributed by atoms with Crippen LogP contribution in [0.1, 0.15) is 27.0 Å². The highest BCUT2D eigenvalue weighted by Crippen LogP contribution is 2.38. The van der Waals surface area contributed by atoms with E-state index in [9.17, 15) is 25.2 Å². The van der Waals surface area contributed by atoms with Gasteiger partial charge in [-0.25, -0.2) is 9.78 Å². The third-order valence-electron chi connectivity index (χ3n) is 4.94. The maximum absolute atomic E-state index is 11.9. The fourth-order valence-corrected chi connectivity index (χ4v) is 4.24. The minimum atomic E-state index is -1.03. The molecule has 1 aromatic heterocycles. The molecule has 0 aliphatic rings. The van der Waals surface area contributed by atoms with Crippen LogP contribution in [0.3, 0.4) is 0 Å². The van der Waals surface area contributed by atoms with Gasteiger partial charge in [-0.15, -0.1) is 11.8 Å². The average molecular weight is 473 g/mol. The predicted molar refractivity (Wildman–Crippen MR) is 127 cm³/mol. The Morgan fingerprint density at radius 2 is 1.79 bits per heavy atom. The van der Waals surface area contributed by atoms with Gasteiger partial charge in [-0.2, -0.15) is 10.5 Å². The molecule has 1 N–H and O–H groups in total. The van der Waals surface area contributed by atoms with Crippen LogP contribution in [0, 0.1) is 22.7 Å². The number of carboxylic acids is 1. The van der Waals surface area contributed by atoms with Gasteiger partial charge in [-0.05, 0) is 23.3 Å². The maximum atomic E-state index is 11.9. The molecule has 0 aliphatic heterocycles. The summed E-state index contributed by atoms with van der Waals surface area (Å²) in [5.41, 5.74) is 2.40. The standard InChI is InChI=1S/C25H20N4O4S/c1-29(14-21(30)33-2)23-19(12-26)22(17-8-4-3-5-9-17)20(13-27)24(28-23)34-15-16-7-6-10-18(11-16)25(31)32/h3-11H,14-15H2,1-2H3,(H,31,32). The van der Waals surface area contributed by atoms with Crippen molar-refractivity contribution in [3.8, 4) is 23.3 Å². The largest absolute Gasteiger partial charge is 0.478 e. The summed E-state index contributed by atoms with van der Waals surface area (Å²) in [6, 6.07) is 19.9. The summed E-state index contributed by atoms with van der Waals surface area (Å²) in [4.78, 5) is 29.3. The molecule has 0 spiro atoms. The number of esters is 1. The molecule has 3 rings (SSSR count). The summed E-state index contributed by atoms with van der Waals surface area (Å²) in [6.45, 7) is -0.136. The molecule has 9 heteroatoms. The molecule has 8 nitrogen and oxygen atoms in total. The molecule has 0 bridgehead atoms. The lowest BCUT2D eigenvalue weighted by Gasteiger charge is -2.22. The van der Waals surface area contributed by atoms with Gasteiger partial charge in [0.2, 0.25) is 0 Å². The Morgan fingerprint density at radius 1 is 1.09 bits per heavy atom. The van der Waals surface area contributed by atoms with Crippen LogP contribution in [-0.2, 0) is 15.3 Å². The van der Waals surface area contributed by atoms with Gasteiger partial charge in [0.1, 0.15) is 35.1 Å². The number of carboxylic acid groups (broad SMARTS) is 1. The molecule has 0 radical (unpaired) electrons. The number of benzene rings is 2. The summed E-state index contributed by atoms with van der Waals surface area (Å²) in [5, 5.41) is 29.6. The first-order valence-corrected chi connectivity index (χ1v) is 11.0.